The second kappa shape index (κ2) is 19.8. The number of carbonyl (C=O) groups excluding carboxylic acids is 2. The van der Waals surface area contributed by atoms with Gasteiger partial charge in [-0.05, 0) is 6.08 Å². The number of aliphatic hydroxyl groups excluding tert-OH is 7. The molecule has 0 unspecified atom stereocenters. The van der Waals surface area contributed by atoms with Crippen molar-refractivity contribution in [2.45, 2.75) is 124 Å². The molecule has 3 fully saturated rings. The summed E-state index contributed by atoms with van der Waals surface area (Å²) in [7, 11) is -11.0. The topological polar surface area (TPSA) is 466 Å². The van der Waals surface area contributed by atoms with Crippen LogP contribution in [0.15, 0.2) is 11.8 Å². The van der Waals surface area contributed by atoms with Crippen molar-refractivity contribution in [1.82, 2.24) is 10.6 Å². The number of rotatable bonds is 16. The minimum absolute atomic E-state index is 0.548. The number of carboxylic acids is 2. The number of carboxylic acid groups (broad SMARTS) is 2. The number of ether oxygens (including phenoxy) is 7. The molecule has 60 heavy (non-hydrogen) atoms. The fourth-order valence-corrected chi connectivity index (χ4v) is 7.52. The van der Waals surface area contributed by atoms with Crippen LogP contribution >= 0.6 is 0 Å². The Bertz CT molecular complexity index is 1820. The standard InChI is InChI=1S/C28H42N2O28S2/c1-6(33)29-12-19(17(57-59(44,45)46)10(4-31)50-25(12)43)53-28-16(38)15(37)21(22(56-28)24(41)42)55-26-13(30-7(2)34)20(18(11(5-32)52-26)58-60(47,48)49)54-27-14(36)8(35)3-9(51-27)23(39)40/h3,8,10-22,25-28,31-32,35-38,43H,4-5H2,1-2H3,(H,29,33)(H,30,34)(H,39,40)(H,41,42)(H,44,45,46)(H,47,48,49)/t8-,10+,11+,12+,13+,14+,15+,16+,17-,18-,19+,20+,21-,22-,25+,26-,27-,28+/m0/s1. The van der Waals surface area contributed by atoms with Gasteiger partial charge in [0.05, 0.1) is 13.2 Å². The molecular formula is C28H42N2O28S2. The fraction of sp³-hybridized carbons (Fsp3) is 0.786. The van der Waals surface area contributed by atoms with Crippen molar-refractivity contribution in [1.29, 1.82) is 0 Å². The number of aliphatic carboxylic acids is 2. The molecule has 4 aliphatic heterocycles. The van der Waals surface area contributed by atoms with Crippen LogP contribution in [0.25, 0.3) is 0 Å². The molecule has 344 valence electrons. The zero-order chi connectivity index (χ0) is 45.2. The van der Waals surface area contributed by atoms with E-state index in [0.717, 1.165) is 13.8 Å². The average Bonchev–Trinajstić information content (AvgIpc) is 3.12. The van der Waals surface area contributed by atoms with Crippen molar-refractivity contribution in [3.05, 3.63) is 11.8 Å². The van der Waals surface area contributed by atoms with Gasteiger partial charge in [-0.2, -0.15) is 16.8 Å². The van der Waals surface area contributed by atoms with Crippen LogP contribution in [-0.4, -0.2) is 219 Å². The van der Waals surface area contributed by atoms with Crippen LogP contribution in [0.1, 0.15) is 13.8 Å². The summed E-state index contributed by atoms with van der Waals surface area (Å²) in [5, 5.41) is 97.7. The lowest BCUT2D eigenvalue weighted by Crippen LogP contribution is -2.70. The van der Waals surface area contributed by atoms with Gasteiger partial charge in [0.25, 0.3) is 0 Å². The summed E-state index contributed by atoms with van der Waals surface area (Å²) in [5.74, 6) is -6.83. The molecule has 13 N–H and O–H groups in total. The second-order valence-electron chi connectivity index (χ2n) is 13.3. The Hall–Kier alpha value is -3.36. The Labute approximate surface area is 336 Å². The van der Waals surface area contributed by atoms with E-state index in [0.29, 0.717) is 6.08 Å². The molecule has 0 radical (unpaired) electrons. The molecule has 0 aromatic carbocycles. The molecule has 4 aliphatic rings. The third kappa shape index (κ3) is 12.0. The zero-order valence-corrected chi connectivity index (χ0v) is 32.2. The minimum atomic E-state index is -5.56. The van der Waals surface area contributed by atoms with Crippen LogP contribution in [0.2, 0.25) is 0 Å². The van der Waals surface area contributed by atoms with Crippen LogP contribution in [0.4, 0.5) is 0 Å². The van der Waals surface area contributed by atoms with Gasteiger partial charge in [0, 0.05) is 13.8 Å². The smallest absolute Gasteiger partial charge is 0.397 e. The summed E-state index contributed by atoms with van der Waals surface area (Å²) < 4.78 is 113. The number of nitrogens with one attached hydrogen (secondary N) is 2. The summed E-state index contributed by atoms with van der Waals surface area (Å²) in [6.45, 7) is -0.683. The van der Waals surface area contributed by atoms with E-state index >= 15 is 0 Å². The van der Waals surface area contributed by atoms with Crippen LogP contribution < -0.4 is 10.6 Å². The van der Waals surface area contributed by atoms with Gasteiger partial charge in [-0.15, -0.1) is 0 Å². The van der Waals surface area contributed by atoms with Crippen molar-refractivity contribution in [3.63, 3.8) is 0 Å². The van der Waals surface area contributed by atoms with Gasteiger partial charge in [0.15, 0.2) is 25.0 Å². The molecule has 30 nitrogen and oxygen atoms in total. The van der Waals surface area contributed by atoms with Crippen LogP contribution in [0.5, 0.6) is 0 Å². The summed E-state index contributed by atoms with van der Waals surface area (Å²) in [5.41, 5.74) is 0. The maximum Gasteiger partial charge on any atom is 0.397 e. The van der Waals surface area contributed by atoms with E-state index in [-0.39, 0.29) is 0 Å². The molecule has 0 saturated carbocycles. The van der Waals surface area contributed by atoms with Gasteiger partial charge < -0.3 is 89.8 Å². The second-order valence-corrected chi connectivity index (χ2v) is 15.3. The van der Waals surface area contributed by atoms with E-state index in [1.165, 1.54) is 0 Å². The van der Waals surface area contributed by atoms with Gasteiger partial charge in [0.1, 0.15) is 79.2 Å². The van der Waals surface area contributed by atoms with Crippen molar-refractivity contribution in [2.24, 2.45) is 0 Å². The molecular weight excluding hydrogens is 876 g/mol. The molecule has 2 amide bonds. The maximum atomic E-state index is 12.6. The molecule has 3 saturated heterocycles. The van der Waals surface area contributed by atoms with Gasteiger partial charge in [-0.25, -0.2) is 18.0 Å². The highest BCUT2D eigenvalue weighted by atomic mass is 32.3. The van der Waals surface area contributed by atoms with Gasteiger partial charge >= 0.3 is 32.7 Å². The van der Waals surface area contributed by atoms with Gasteiger partial charge in [-0.3, -0.25) is 18.7 Å². The van der Waals surface area contributed by atoms with Crippen molar-refractivity contribution in [2.75, 3.05) is 13.2 Å². The molecule has 4 rings (SSSR count). The van der Waals surface area contributed by atoms with Crippen molar-refractivity contribution >= 4 is 44.6 Å². The first-order chi connectivity index (χ1) is 27.8. The van der Waals surface area contributed by atoms with E-state index in [1.54, 1.807) is 0 Å². The number of aliphatic hydroxyl groups is 7. The Kier molecular flexibility index (Phi) is 16.3. The minimum Gasteiger partial charge on any atom is -0.479 e. The van der Waals surface area contributed by atoms with E-state index in [9.17, 15) is 91.1 Å². The number of amides is 2. The monoisotopic (exact) mass is 918 g/mol. The predicted molar refractivity (Wildman–Crippen MR) is 177 cm³/mol. The lowest BCUT2D eigenvalue weighted by Gasteiger charge is -2.49. The Morgan fingerprint density at radius 2 is 1.13 bits per heavy atom. The van der Waals surface area contributed by atoms with Gasteiger partial charge in [0.2, 0.25) is 23.9 Å². The molecule has 32 heteroatoms. The van der Waals surface area contributed by atoms with E-state index in [1.807, 2.05) is 0 Å². The first kappa shape index (κ1) is 49.3. The normalized spacial score (nSPS) is 40.1. The van der Waals surface area contributed by atoms with Crippen LogP contribution in [0, 0.1) is 0 Å². The SMILES string of the molecule is CC(=O)N[C@@H]1[C@@H](O[C@@H]2O[C@H](C(=O)O)[C@@H](O[C@@H]3O[C@H](CO)[C@H](OS(=O)(=O)O)[C@H](O[C@@H]4OC(C(=O)O)=C[C@H](O)[C@H]4O)[C@H]3NC(C)=O)[C@H](O)[C@H]2O)[C@@H](OS(=O)(=O)O)[C@@H](CO)O[C@H]1O. The largest absolute Gasteiger partial charge is 0.479 e. The Morgan fingerprint density at radius 1 is 0.650 bits per heavy atom. The van der Waals surface area contributed by atoms with E-state index < -0.39 is 174 Å². The molecule has 0 aromatic rings. The zero-order valence-electron chi connectivity index (χ0n) is 30.6. The first-order valence-electron chi connectivity index (χ1n) is 17.0. The fourth-order valence-electron chi connectivity index (χ4n) is 6.49. The maximum absolute atomic E-state index is 12.6. The third-order valence-electron chi connectivity index (χ3n) is 8.94. The predicted octanol–water partition coefficient (Wildman–Crippen LogP) is -8.47. The quantitative estimate of drug-likeness (QED) is 0.0639. The molecule has 0 bridgehead atoms. The highest BCUT2D eigenvalue weighted by Gasteiger charge is 2.58. The highest BCUT2D eigenvalue weighted by molar-refractivity contribution is 7.81. The third-order valence-corrected chi connectivity index (χ3v) is 9.87. The van der Waals surface area contributed by atoms with Crippen LogP contribution in [0.3, 0.4) is 0 Å². The molecule has 0 spiro atoms. The summed E-state index contributed by atoms with van der Waals surface area (Å²) in [6.07, 6.45) is -35.6. The number of hydrogen-bond acceptors (Lipinski definition) is 24. The van der Waals surface area contributed by atoms with E-state index in [2.05, 4.69) is 19.0 Å². The lowest BCUT2D eigenvalue weighted by molar-refractivity contribution is -0.362. The summed E-state index contributed by atoms with van der Waals surface area (Å²) >= 11 is 0. The Balaban J connectivity index is 1.73. The molecule has 18 atom stereocenters. The van der Waals surface area contributed by atoms with Gasteiger partial charge in [-0.1, -0.05) is 0 Å². The number of carbonyl (C=O) groups is 4. The summed E-state index contributed by atoms with van der Waals surface area (Å²) in [4.78, 5) is 48.7. The van der Waals surface area contributed by atoms with Crippen LogP contribution in [-0.2, 0) is 81.5 Å². The van der Waals surface area contributed by atoms with Crippen molar-refractivity contribution in [3.8, 4) is 0 Å². The Morgan fingerprint density at radius 3 is 1.62 bits per heavy atom. The first-order valence-corrected chi connectivity index (χ1v) is 19.7. The molecule has 4 heterocycles. The van der Waals surface area contributed by atoms with Crippen molar-refractivity contribution < 1.29 is 133 Å². The lowest BCUT2D eigenvalue weighted by atomic mass is 9.94. The van der Waals surface area contributed by atoms with E-state index in [4.69, 9.17) is 33.2 Å². The average molecular weight is 919 g/mol. The molecule has 0 aromatic heterocycles. The number of hydrogen-bond donors (Lipinski definition) is 13. The highest BCUT2D eigenvalue weighted by Crippen LogP contribution is 2.36. The molecule has 0 aliphatic carbocycles. The summed E-state index contributed by atoms with van der Waals surface area (Å²) in [6, 6.07) is -3.98.